The van der Waals surface area contributed by atoms with E-state index in [1.165, 1.54) is 16.9 Å². The quantitative estimate of drug-likeness (QED) is 0.399. The smallest absolute Gasteiger partial charge is 0.394 e. The van der Waals surface area contributed by atoms with Gasteiger partial charge in [-0.05, 0) is 54.6 Å². The van der Waals surface area contributed by atoms with Gasteiger partial charge in [-0.25, -0.2) is 0 Å². The molecule has 35 heavy (non-hydrogen) atoms. The number of aliphatic hydroxyl groups excluding tert-OH is 1. The molecule has 1 amide bonds. The van der Waals surface area contributed by atoms with E-state index in [4.69, 9.17) is 0 Å². The van der Waals surface area contributed by atoms with Gasteiger partial charge in [-0.1, -0.05) is 6.07 Å². The van der Waals surface area contributed by atoms with Gasteiger partial charge in [0.25, 0.3) is 5.91 Å². The predicted octanol–water partition coefficient (Wildman–Crippen LogP) is 3.79. The summed E-state index contributed by atoms with van der Waals surface area (Å²) in [7, 11) is 1.64. The van der Waals surface area contributed by atoms with Crippen LogP contribution in [0.1, 0.15) is 27.7 Å². The van der Waals surface area contributed by atoms with Gasteiger partial charge in [0.05, 0.1) is 29.4 Å². The highest BCUT2D eigenvalue weighted by molar-refractivity contribution is 6.08. The minimum atomic E-state index is -4.44. The molecule has 11 heteroatoms. The van der Waals surface area contributed by atoms with E-state index in [1.807, 2.05) is 0 Å². The average molecular weight is 480 g/mol. The summed E-state index contributed by atoms with van der Waals surface area (Å²) in [5.74, 6) is -0.420. The lowest BCUT2D eigenvalue weighted by molar-refractivity contribution is -0.137. The summed E-state index contributed by atoms with van der Waals surface area (Å²) in [5.41, 5.74) is 2.15. The number of amides is 1. The number of alkyl halides is 3. The van der Waals surface area contributed by atoms with Gasteiger partial charge < -0.3 is 10.4 Å². The van der Waals surface area contributed by atoms with Crippen LogP contribution in [0.15, 0.2) is 66.9 Å². The molecule has 0 aliphatic carbocycles. The Kier molecular flexibility index (Phi) is 5.48. The highest BCUT2D eigenvalue weighted by Gasteiger charge is 2.30. The summed E-state index contributed by atoms with van der Waals surface area (Å²) in [6.07, 6.45) is -2.87. The van der Waals surface area contributed by atoms with Crippen molar-refractivity contribution in [3.05, 3.63) is 83.7 Å². The molecule has 3 heterocycles. The first-order valence-electron chi connectivity index (χ1n) is 10.6. The van der Waals surface area contributed by atoms with E-state index in [0.717, 1.165) is 12.1 Å². The summed E-state index contributed by atoms with van der Waals surface area (Å²) in [6, 6.07) is 14.2. The van der Waals surface area contributed by atoms with Crippen LogP contribution in [-0.2, 0) is 13.2 Å². The summed E-state index contributed by atoms with van der Waals surface area (Å²) in [6.45, 7) is -0.330. The number of fused-ring (bicyclic) bond motifs is 3. The number of rotatable bonds is 5. The van der Waals surface area contributed by atoms with Gasteiger partial charge in [-0.15, -0.1) is 5.10 Å². The third kappa shape index (κ3) is 4.10. The summed E-state index contributed by atoms with van der Waals surface area (Å²) in [5, 5.41) is 21.9. The Bertz CT molecular complexity index is 1520. The number of halogens is 3. The van der Waals surface area contributed by atoms with Gasteiger partial charge in [0, 0.05) is 29.9 Å². The third-order valence-electron chi connectivity index (χ3n) is 5.65. The van der Waals surface area contributed by atoms with E-state index in [-0.39, 0.29) is 6.61 Å². The van der Waals surface area contributed by atoms with Crippen molar-refractivity contribution < 1.29 is 23.1 Å². The molecule has 0 spiro atoms. The van der Waals surface area contributed by atoms with Crippen molar-refractivity contribution >= 4 is 28.0 Å². The van der Waals surface area contributed by atoms with Crippen LogP contribution in [0, 0.1) is 0 Å². The second kappa shape index (κ2) is 8.51. The zero-order chi connectivity index (χ0) is 24.7. The minimum Gasteiger partial charge on any atom is -0.394 e. The van der Waals surface area contributed by atoms with E-state index < -0.39 is 23.7 Å². The molecule has 178 valence electrons. The normalized spacial score (nSPS) is 12.8. The largest absolute Gasteiger partial charge is 0.416 e. The van der Waals surface area contributed by atoms with E-state index in [2.05, 4.69) is 20.5 Å². The van der Waals surface area contributed by atoms with E-state index in [1.54, 1.807) is 54.2 Å². The first kappa shape index (κ1) is 22.5. The zero-order valence-electron chi connectivity index (χ0n) is 18.4. The lowest BCUT2D eigenvalue weighted by Crippen LogP contribution is -2.31. The van der Waals surface area contributed by atoms with Crippen LogP contribution in [-0.4, -0.2) is 42.2 Å². The lowest BCUT2D eigenvalue weighted by atomic mass is 10.1. The molecule has 5 rings (SSSR count). The Morgan fingerprint density at radius 1 is 1.09 bits per heavy atom. The van der Waals surface area contributed by atoms with E-state index in [0.29, 0.717) is 39.0 Å². The molecule has 0 aliphatic heterocycles. The molecule has 2 N–H and O–H groups in total. The monoisotopic (exact) mass is 480 g/mol. The fourth-order valence-electron chi connectivity index (χ4n) is 3.99. The van der Waals surface area contributed by atoms with Gasteiger partial charge >= 0.3 is 6.18 Å². The molecule has 0 unspecified atom stereocenters. The van der Waals surface area contributed by atoms with Gasteiger partial charge in [-0.3, -0.25) is 14.3 Å². The van der Waals surface area contributed by atoms with Crippen molar-refractivity contribution in [1.29, 1.82) is 0 Å². The molecule has 0 saturated heterocycles. The summed E-state index contributed by atoms with van der Waals surface area (Å²) in [4.78, 5) is 18.5. The molecule has 0 fully saturated rings. The molecule has 5 aromatic rings. The number of nitrogens with one attached hydrogen (secondary N) is 1. The summed E-state index contributed by atoms with van der Waals surface area (Å²) < 4.78 is 40.8. The molecule has 2 aromatic carbocycles. The van der Waals surface area contributed by atoms with Gasteiger partial charge in [0.2, 0.25) is 0 Å². The minimum absolute atomic E-state index is 0.323. The number of hydrogen-bond donors (Lipinski definition) is 2. The number of benzene rings is 2. The zero-order valence-corrected chi connectivity index (χ0v) is 18.4. The van der Waals surface area contributed by atoms with Crippen LogP contribution >= 0.6 is 0 Å². The van der Waals surface area contributed by atoms with E-state index in [9.17, 15) is 23.1 Å². The number of carbonyl (C=O) groups is 1. The second-order valence-corrected chi connectivity index (χ2v) is 7.94. The maximum absolute atomic E-state index is 13.0. The fraction of sp³-hybridized carbons (Fsp3) is 0.167. The SMILES string of the molecule is Cn1nc2c3cc(C(=O)N[C@@H](CO)c4ccccn4)ccc3n(-c3ccc(C(F)(F)F)cc3)c2n1. The maximum atomic E-state index is 13.0. The highest BCUT2D eigenvalue weighted by Crippen LogP contribution is 2.33. The maximum Gasteiger partial charge on any atom is 0.416 e. The van der Waals surface area contributed by atoms with E-state index >= 15 is 0 Å². The number of nitrogens with zero attached hydrogens (tertiary/aromatic N) is 5. The third-order valence-corrected chi connectivity index (χ3v) is 5.65. The average Bonchev–Trinajstić information content (AvgIpc) is 3.36. The predicted molar refractivity (Wildman–Crippen MR) is 122 cm³/mol. The van der Waals surface area contributed by atoms with Crippen molar-refractivity contribution in [3.8, 4) is 5.69 Å². The number of aryl methyl sites for hydroxylation is 1. The Balaban J connectivity index is 1.56. The molecule has 0 saturated carbocycles. The Morgan fingerprint density at radius 3 is 2.51 bits per heavy atom. The fourth-order valence-corrected chi connectivity index (χ4v) is 3.99. The number of aliphatic hydroxyl groups is 1. The molecule has 1 atom stereocenters. The van der Waals surface area contributed by atoms with Crippen LogP contribution in [0.4, 0.5) is 13.2 Å². The van der Waals surface area contributed by atoms with Crippen molar-refractivity contribution in [2.24, 2.45) is 7.05 Å². The summed E-state index contributed by atoms with van der Waals surface area (Å²) >= 11 is 0. The topological polar surface area (TPSA) is 97.9 Å². The van der Waals surface area contributed by atoms with Gasteiger partial charge in [-0.2, -0.15) is 23.1 Å². The lowest BCUT2D eigenvalue weighted by Gasteiger charge is -2.16. The number of hydrogen-bond acceptors (Lipinski definition) is 5. The van der Waals surface area contributed by atoms with Crippen LogP contribution in [0.3, 0.4) is 0 Å². The van der Waals surface area contributed by atoms with Crippen molar-refractivity contribution in [2.75, 3.05) is 6.61 Å². The van der Waals surface area contributed by atoms with Crippen molar-refractivity contribution in [2.45, 2.75) is 12.2 Å². The standard InChI is InChI=1S/C24H19F3N6O2/c1-32-30-21-17-12-14(23(35)29-19(13-34)18-4-2-3-11-28-18)5-10-20(17)33(22(21)31-32)16-8-6-15(7-9-16)24(25,26)27/h2-12,19,34H,13H2,1H3,(H,29,35)/t19-/m0/s1. The first-order chi connectivity index (χ1) is 16.8. The Labute approximate surface area is 196 Å². The number of pyridine rings is 1. The first-order valence-corrected chi connectivity index (χ1v) is 10.6. The van der Waals surface area contributed by atoms with Crippen molar-refractivity contribution in [1.82, 2.24) is 29.9 Å². The number of carbonyl (C=O) groups excluding carboxylic acids is 1. The van der Waals surface area contributed by atoms with Crippen LogP contribution in [0.25, 0.3) is 27.8 Å². The molecule has 0 radical (unpaired) electrons. The van der Waals surface area contributed by atoms with Crippen LogP contribution in [0.5, 0.6) is 0 Å². The molecule has 0 bridgehead atoms. The molecular weight excluding hydrogens is 461 g/mol. The second-order valence-electron chi connectivity index (χ2n) is 7.94. The molecule has 8 nitrogen and oxygen atoms in total. The van der Waals surface area contributed by atoms with Gasteiger partial charge in [0.1, 0.15) is 5.52 Å². The molecule has 0 aliphatic rings. The molecular formula is C24H19F3N6O2. The Morgan fingerprint density at radius 2 is 1.86 bits per heavy atom. The Hall–Kier alpha value is -4.25. The van der Waals surface area contributed by atoms with Gasteiger partial charge in [0.15, 0.2) is 5.65 Å². The molecule has 3 aromatic heterocycles. The van der Waals surface area contributed by atoms with Crippen molar-refractivity contribution in [3.63, 3.8) is 0 Å². The number of aromatic nitrogens is 5. The highest BCUT2D eigenvalue weighted by atomic mass is 19.4. The van der Waals surface area contributed by atoms with Crippen LogP contribution in [0.2, 0.25) is 0 Å². The van der Waals surface area contributed by atoms with Crippen LogP contribution < -0.4 is 5.32 Å².